The van der Waals surface area contributed by atoms with Crippen LogP contribution in [0.3, 0.4) is 0 Å². The lowest BCUT2D eigenvalue weighted by Crippen LogP contribution is -2.55. The maximum Gasteiger partial charge on any atom is 0.303 e. The van der Waals surface area contributed by atoms with Gasteiger partial charge in [-0.2, -0.15) is 0 Å². The smallest absolute Gasteiger partial charge is 0.303 e. The molecule has 2 heterocycles. The average Bonchev–Trinajstić information content (AvgIpc) is 2.37. The lowest BCUT2D eigenvalue weighted by Gasteiger charge is -2.37. The highest BCUT2D eigenvalue weighted by atomic mass is 16.4. The minimum Gasteiger partial charge on any atom is -0.481 e. The number of nitrogens with zero attached hydrogens (tertiary/aromatic N) is 2. The normalized spacial score (nSPS) is 24.3. The molecule has 1 aliphatic rings. The molecular weight excluding hydrogens is 242 g/mol. The van der Waals surface area contributed by atoms with Crippen LogP contribution in [0.4, 0.5) is 0 Å². The zero-order valence-electron chi connectivity index (χ0n) is 11.2. The first-order valence-corrected chi connectivity index (χ1v) is 6.73. The van der Waals surface area contributed by atoms with E-state index >= 15 is 0 Å². The summed E-state index contributed by atoms with van der Waals surface area (Å²) in [6.45, 7) is 4.82. The fraction of sp³-hybridized carbons (Fsp3) is 0.571. The number of pyridine rings is 1. The van der Waals surface area contributed by atoms with Crippen LogP contribution >= 0.6 is 0 Å². The molecule has 0 radical (unpaired) electrons. The van der Waals surface area contributed by atoms with E-state index in [0.29, 0.717) is 12.5 Å². The zero-order valence-corrected chi connectivity index (χ0v) is 11.2. The zero-order chi connectivity index (χ0) is 13.7. The first-order chi connectivity index (χ1) is 9.13. The van der Waals surface area contributed by atoms with E-state index in [1.54, 1.807) is 0 Å². The van der Waals surface area contributed by atoms with E-state index < -0.39 is 5.97 Å². The number of hydrogen-bond acceptors (Lipinski definition) is 4. The van der Waals surface area contributed by atoms with Crippen LogP contribution < -0.4 is 5.32 Å². The van der Waals surface area contributed by atoms with Gasteiger partial charge >= 0.3 is 5.97 Å². The molecular formula is C14H21N3O2. The Labute approximate surface area is 113 Å². The lowest BCUT2D eigenvalue weighted by molar-refractivity contribution is -0.137. The summed E-state index contributed by atoms with van der Waals surface area (Å²) in [5.41, 5.74) is 1.06. The van der Waals surface area contributed by atoms with Gasteiger partial charge in [0.1, 0.15) is 0 Å². The summed E-state index contributed by atoms with van der Waals surface area (Å²) in [7, 11) is 0. The average molecular weight is 263 g/mol. The van der Waals surface area contributed by atoms with Crippen molar-refractivity contribution in [3.8, 4) is 0 Å². The van der Waals surface area contributed by atoms with Crippen molar-refractivity contribution in [1.82, 2.24) is 15.2 Å². The monoisotopic (exact) mass is 263 g/mol. The van der Waals surface area contributed by atoms with Gasteiger partial charge in [0.15, 0.2) is 0 Å². The number of piperazine rings is 1. The van der Waals surface area contributed by atoms with E-state index in [1.807, 2.05) is 24.4 Å². The molecule has 2 unspecified atom stereocenters. The molecule has 1 aliphatic heterocycles. The summed E-state index contributed by atoms with van der Waals surface area (Å²) in [5, 5.41) is 12.2. The molecule has 2 N–H and O–H groups in total. The first kappa shape index (κ1) is 14.0. The quantitative estimate of drug-likeness (QED) is 0.833. The Hall–Kier alpha value is -1.46. The second kappa shape index (κ2) is 6.63. The minimum absolute atomic E-state index is 0.224. The largest absolute Gasteiger partial charge is 0.481 e. The van der Waals surface area contributed by atoms with Gasteiger partial charge in [-0.3, -0.25) is 14.7 Å². The molecule has 1 aromatic rings. The van der Waals surface area contributed by atoms with Crippen molar-refractivity contribution in [2.75, 3.05) is 13.1 Å². The number of carboxylic acid groups (broad SMARTS) is 1. The van der Waals surface area contributed by atoms with E-state index in [-0.39, 0.29) is 12.5 Å². The highest BCUT2D eigenvalue weighted by molar-refractivity contribution is 5.66. The Morgan fingerprint density at radius 1 is 1.53 bits per heavy atom. The third-order valence-corrected chi connectivity index (χ3v) is 3.35. The Morgan fingerprint density at radius 3 is 3.05 bits per heavy atom. The van der Waals surface area contributed by atoms with Gasteiger partial charge in [-0.25, -0.2) is 0 Å². The highest BCUT2D eigenvalue weighted by Gasteiger charge is 2.24. The van der Waals surface area contributed by atoms with Crippen molar-refractivity contribution < 1.29 is 9.90 Å². The second-order valence-corrected chi connectivity index (χ2v) is 5.21. The minimum atomic E-state index is -0.726. The molecule has 0 aromatic carbocycles. The summed E-state index contributed by atoms with van der Waals surface area (Å²) < 4.78 is 0. The summed E-state index contributed by atoms with van der Waals surface area (Å²) in [6.07, 6.45) is 2.71. The molecule has 1 fully saturated rings. The molecule has 2 atom stereocenters. The van der Waals surface area contributed by atoms with Crippen LogP contribution in [0.25, 0.3) is 0 Å². The van der Waals surface area contributed by atoms with Gasteiger partial charge in [0.25, 0.3) is 0 Å². The van der Waals surface area contributed by atoms with E-state index in [2.05, 4.69) is 22.1 Å². The summed E-state index contributed by atoms with van der Waals surface area (Å²) in [5.74, 6) is -0.726. The standard InChI is InChI=1S/C14H21N3O2/c1-11-8-17(9-12-4-2-3-7-15-12)10-13(16-11)5-6-14(18)19/h2-4,7,11,13,16H,5-6,8-10H2,1H3,(H,18,19). The van der Waals surface area contributed by atoms with E-state index in [0.717, 1.165) is 25.3 Å². The topological polar surface area (TPSA) is 65.5 Å². The van der Waals surface area contributed by atoms with E-state index in [1.165, 1.54) is 0 Å². The molecule has 19 heavy (non-hydrogen) atoms. The fourth-order valence-electron chi connectivity index (χ4n) is 2.60. The van der Waals surface area contributed by atoms with Gasteiger partial charge in [-0.15, -0.1) is 0 Å². The van der Waals surface area contributed by atoms with Crippen molar-refractivity contribution in [2.24, 2.45) is 0 Å². The Balaban J connectivity index is 1.88. The Morgan fingerprint density at radius 2 is 2.37 bits per heavy atom. The van der Waals surface area contributed by atoms with Gasteiger partial charge in [0.2, 0.25) is 0 Å². The van der Waals surface area contributed by atoms with Crippen LogP contribution in [-0.2, 0) is 11.3 Å². The van der Waals surface area contributed by atoms with E-state index in [9.17, 15) is 4.79 Å². The van der Waals surface area contributed by atoms with Crippen LogP contribution in [0.5, 0.6) is 0 Å². The molecule has 1 aromatic heterocycles. The molecule has 0 bridgehead atoms. The number of rotatable bonds is 5. The van der Waals surface area contributed by atoms with Gasteiger partial charge in [-0.1, -0.05) is 6.07 Å². The molecule has 0 aliphatic carbocycles. The third-order valence-electron chi connectivity index (χ3n) is 3.35. The molecule has 5 nitrogen and oxygen atoms in total. The van der Waals surface area contributed by atoms with Crippen molar-refractivity contribution in [3.05, 3.63) is 30.1 Å². The van der Waals surface area contributed by atoms with Crippen molar-refractivity contribution in [3.63, 3.8) is 0 Å². The predicted molar refractivity (Wildman–Crippen MR) is 72.8 cm³/mol. The number of nitrogens with one attached hydrogen (secondary N) is 1. The van der Waals surface area contributed by atoms with Crippen LogP contribution in [0.15, 0.2) is 24.4 Å². The molecule has 5 heteroatoms. The van der Waals surface area contributed by atoms with E-state index in [4.69, 9.17) is 5.11 Å². The second-order valence-electron chi connectivity index (χ2n) is 5.21. The molecule has 0 spiro atoms. The van der Waals surface area contributed by atoms with Gasteiger partial charge in [0, 0.05) is 44.3 Å². The molecule has 1 saturated heterocycles. The maximum atomic E-state index is 10.6. The number of carbonyl (C=O) groups is 1. The fourth-order valence-corrected chi connectivity index (χ4v) is 2.60. The van der Waals surface area contributed by atoms with Gasteiger partial charge in [-0.05, 0) is 25.5 Å². The SMILES string of the molecule is CC1CN(Cc2ccccn2)CC(CCC(=O)O)N1. The molecule has 0 amide bonds. The summed E-state index contributed by atoms with van der Waals surface area (Å²) in [6, 6.07) is 6.58. The summed E-state index contributed by atoms with van der Waals surface area (Å²) >= 11 is 0. The van der Waals surface area contributed by atoms with Gasteiger partial charge in [0.05, 0.1) is 5.69 Å². The maximum absolute atomic E-state index is 10.6. The van der Waals surface area contributed by atoms with Crippen LogP contribution in [0.1, 0.15) is 25.5 Å². The van der Waals surface area contributed by atoms with Crippen molar-refractivity contribution in [1.29, 1.82) is 0 Å². The number of carboxylic acids is 1. The number of aliphatic carboxylic acids is 1. The number of aromatic nitrogens is 1. The van der Waals surface area contributed by atoms with Crippen LogP contribution in [0.2, 0.25) is 0 Å². The van der Waals surface area contributed by atoms with Crippen LogP contribution in [0, 0.1) is 0 Å². The van der Waals surface area contributed by atoms with Crippen molar-refractivity contribution in [2.45, 2.75) is 38.4 Å². The van der Waals surface area contributed by atoms with Crippen molar-refractivity contribution >= 4 is 5.97 Å². The van der Waals surface area contributed by atoms with Crippen LogP contribution in [-0.4, -0.2) is 46.1 Å². The number of hydrogen-bond donors (Lipinski definition) is 2. The first-order valence-electron chi connectivity index (χ1n) is 6.73. The third kappa shape index (κ3) is 4.61. The molecule has 2 rings (SSSR count). The Bertz CT molecular complexity index is 410. The highest BCUT2D eigenvalue weighted by Crippen LogP contribution is 2.11. The lowest BCUT2D eigenvalue weighted by atomic mass is 10.1. The summed E-state index contributed by atoms with van der Waals surface area (Å²) in [4.78, 5) is 17.3. The predicted octanol–water partition coefficient (Wildman–Crippen LogP) is 1.11. The molecule has 104 valence electrons. The molecule has 0 saturated carbocycles. The van der Waals surface area contributed by atoms with Gasteiger partial charge < -0.3 is 10.4 Å². The Kier molecular flexibility index (Phi) is 4.87.